The third-order valence-electron chi connectivity index (χ3n) is 5.30. The summed E-state index contributed by atoms with van der Waals surface area (Å²) in [6, 6.07) is 1.84. The fourth-order valence-corrected chi connectivity index (χ4v) is 3.73. The molecule has 2 fully saturated rings. The number of pyridine rings is 1. The van der Waals surface area contributed by atoms with Crippen LogP contribution in [-0.4, -0.2) is 51.5 Å². The van der Waals surface area contributed by atoms with Crippen LogP contribution in [0.25, 0.3) is 10.9 Å². The van der Waals surface area contributed by atoms with Crippen molar-refractivity contribution >= 4 is 22.5 Å². The van der Waals surface area contributed by atoms with Gasteiger partial charge in [0.15, 0.2) is 0 Å². The topological polar surface area (TPSA) is 54.2 Å². The second-order valence-corrected chi connectivity index (χ2v) is 7.62. The first-order chi connectivity index (χ1) is 11.6. The molecule has 2 aliphatic rings. The van der Waals surface area contributed by atoms with Crippen molar-refractivity contribution in [3.05, 3.63) is 23.1 Å². The second kappa shape index (κ2) is 6.03. The minimum Gasteiger partial charge on any atom is -0.396 e. The van der Waals surface area contributed by atoms with Gasteiger partial charge in [-0.2, -0.15) is 5.10 Å². The van der Waals surface area contributed by atoms with Crippen LogP contribution in [0.15, 0.2) is 12.3 Å². The standard InChI is InChI=1S/C18H21ClN4O/c1-22-9-13(10-22)3-4-15-14-8-20-17(19)7-16(14)23(21-15)11-18(12-24)5-2-6-18/h7-8,13,24H,2,5-6,9-12H2,1H3. The summed E-state index contributed by atoms with van der Waals surface area (Å²) in [5.74, 6) is 6.97. The van der Waals surface area contributed by atoms with E-state index in [0.29, 0.717) is 17.6 Å². The van der Waals surface area contributed by atoms with Gasteiger partial charge in [-0.1, -0.05) is 23.9 Å². The molecular weight excluding hydrogens is 324 g/mol. The van der Waals surface area contributed by atoms with Gasteiger partial charge in [0.25, 0.3) is 0 Å². The molecule has 6 heteroatoms. The third kappa shape index (κ3) is 2.79. The number of halogens is 1. The Labute approximate surface area is 146 Å². The molecule has 1 saturated carbocycles. The normalized spacial score (nSPS) is 20.3. The average molecular weight is 345 g/mol. The largest absolute Gasteiger partial charge is 0.396 e. The number of hydrogen-bond acceptors (Lipinski definition) is 4. The molecule has 1 saturated heterocycles. The molecule has 5 nitrogen and oxygen atoms in total. The van der Waals surface area contributed by atoms with Crippen LogP contribution in [0.4, 0.5) is 0 Å². The van der Waals surface area contributed by atoms with Crippen LogP contribution in [-0.2, 0) is 6.54 Å². The highest BCUT2D eigenvalue weighted by Crippen LogP contribution is 2.42. The van der Waals surface area contributed by atoms with Gasteiger partial charge in [-0.05, 0) is 25.8 Å². The minimum absolute atomic E-state index is 0.0456. The molecule has 0 bridgehead atoms. The number of rotatable bonds is 3. The summed E-state index contributed by atoms with van der Waals surface area (Å²) in [6.07, 6.45) is 5.01. The Morgan fingerprint density at radius 2 is 2.21 bits per heavy atom. The van der Waals surface area contributed by atoms with Crippen molar-refractivity contribution in [2.45, 2.75) is 25.8 Å². The van der Waals surface area contributed by atoms with E-state index in [1.54, 1.807) is 6.20 Å². The molecule has 0 atom stereocenters. The molecule has 0 spiro atoms. The number of aliphatic hydroxyl groups excluding tert-OH is 1. The van der Waals surface area contributed by atoms with E-state index >= 15 is 0 Å². The lowest BCUT2D eigenvalue weighted by molar-refractivity contribution is 0.0255. The summed E-state index contributed by atoms with van der Waals surface area (Å²) < 4.78 is 1.95. The van der Waals surface area contributed by atoms with Crippen LogP contribution in [0, 0.1) is 23.2 Å². The van der Waals surface area contributed by atoms with E-state index < -0.39 is 0 Å². The molecular formula is C18H21ClN4O. The first-order valence-electron chi connectivity index (χ1n) is 8.42. The first-order valence-corrected chi connectivity index (χ1v) is 8.79. The number of aromatic nitrogens is 3. The van der Waals surface area contributed by atoms with Crippen molar-refractivity contribution in [3.8, 4) is 11.8 Å². The quantitative estimate of drug-likeness (QED) is 0.685. The molecule has 24 heavy (non-hydrogen) atoms. The molecule has 126 valence electrons. The van der Waals surface area contributed by atoms with Crippen molar-refractivity contribution in [1.82, 2.24) is 19.7 Å². The zero-order valence-corrected chi connectivity index (χ0v) is 14.6. The molecule has 0 unspecified atom stereocenters. The number of fused-ring (bicyclic) bond motifs is 1. The SMILES string of the molecule is CN1CC(C#Cc2nn(CC3(CO)CCC3)c3cc(Cl)ncc23)C1. The number of aliphatic hydroxyl groups is 1. The van der Waals surface area contributed by atoms with Crippen molar-refractivity contribution in [3.63, 3.8) is 0 Å². The van der Waals surface area contributed by atoms with Gasteiger partial charge in [-0.25, -0.2) is 4.98 Å². The van der Waals surface area contributed by atoms with Gasteiger partial charge in [0.2, 0.25) is 0 Å². The molecule has 2 aromatic rings. The monoisotopic (exact) mass is 344 g/mol. The maximum atomic E-state index is 9.76. The Kier molecular flexibility index (Phi) is 4.00. The molecule has 2 aromatic heterocycles. The highest BCUT2D eigenvalue weighted by atomic mass is 35.5. The Morgan fingerprint density at radius 1 is 1.42 bits per heavy atom. The van der Waals surface area contributed by atoms with E-state index in [4.69, 9.17) is 16.7 Å². The van der Waals surface area contributed by atoms with Gasteiger partial charge in [-0.15, -0.1) is 0 Å². The van der Waals surface area contributed by atoms with Crippen LogP contribution >= 0.6 is 11.6 Å². The lowest BCUT2D eigenvalue weighted by atomic mass is 9.69. The smallest absolute Gasteiger partial charge is 0.144 e. The van der Waals surface area contributed by atoms with Crippen molar-refractivity contribution in [2.75, 3.05) is 26.7 Å². The predicted octanol–water partition coefficient (Wildman–Crippen LogP) is 2.16. The molecule has 1 aliphatic heterocycles. The van der Waals surface area contributed by atoms with E-state index in [1.165, 1.54) is 6.42 Å². The molecule has 0 amide bonds. The van der Waals surface area contributed by atoms with E-state index in [-0.39, 0.29) is 12.0 Å². The molecule has 1 aliphatic carbocycles. The summed E-state index contributed by atoms with van der Waals surface area (Å²) in [5, 5.41) is 15.9. The Bertz CT molecular complexity index is 819. The lowest BCUT2D eigenvalue weighted by Gasteiger charge is -2.40. The second-order valence-electron chi connectivity index (χ2n) is 7.23. The first kappa shape index (κ1) is 15.9. The van der Waals surface area contributed by atoms with Crippen LogP contribution in [0.5, 0.6) is 0 Å². The Balaban J connectivity index is 1.69. The molecule has 1 N–H and O–H groups in total. The summed E-state index contributed by atoms with van der Waals surface area (Å²) in [4.78, 5) is 6.44. The van der Waals surface area contributed by atoms with E-state index in [1.807, 2.05) is 10.7 Å². The zero-order valence-electron chi connectivity index (χ0n) is 13.8. The van der Waals surface area contributed by atoms with E-state index in [2.05, 4.69) is 28.8 Å². The molecule has 0 radical (unpaired) electrons. The number of nitrogens with zero attached hydrogens (tertiary/aromatic N) is 4. The van der Waals surface area contributed by atoms with Crippen LogP contribution in [0.3, 0.4) is 0 Å². The van der Waals surface area contributed by atoms with Crippen molar-refractivity contribution in [1.29, 1.82) is 0 Å². The maximum absolute atomic E-state index is 9.76. The van der Waals surface area contributed by atoms with Gasteiger partial charge in [0, 0.05) is 43.2 Å². The maximum Gasteiger partial charge on any atom is 0.144 e. The van der Waals surface area contributed by atoms with Gasteiger partial charge < -0.3 is 10.0 Å². The third-order valence-corrected chi connectivity index (χ3v) is 5.50. The lowest BCUT2D eigenvalue weighted by Crippen LogP contribution is -2.42. The van der Waals surface area contributed by atoms with E-state index in [0.717, 1.165) is 42.5 Å². The number of hydrogen-bond donors (Lipinski definition) is 1. The van der Waals surface area contributed by atoms with Gasteiger partial charge in [0.1, 0.15) is 10.8 Å². The summed E-state index contributed by atoms with van der Waals surface area (Å²) in [6.45, 7) is 2.93. The zero-order chi connectivity index (χ0) is 16.7. The molecule has 3 heterocycles. The Hall–Kier alpha value is -1.61. The Morgan fingerprint density at radius 3 is 2.83 bits per heavy atom. The van der Waals surface area contributed by atoms with Crippen molar-refractivity contribution in [2.24, 2.45) is 11.3 Å². The average Bonchev–Trinajstić information content (AvgIpc) is 2.83. The number of likely N-dealkylation sites (tertiary alicyclic amines) is 1. The van der Waals surface area contributed by atoms with E-state index in [9.17, 15) is 5.11 Å². The minimum atomic E-state index is -0.0456. The molecule has 4 rings (SSSR count). The highest BCUT2D eigenvalue weighted by Gasteiger charge is 2.37. The fraction of sp³-hybridized carbons (Fsp3) is 0.556. The fourth-order valence-electron chi connectivity index (χ4n) is 3.58. The highest BCUT2D eigenvalue weighted by molar-refractivity contribution is 6.30. The predicted molar refractivity (Wildman–Crippen MR) is 93.8 cm³/mol. The summed E-state index contributed by atoms with van der Waals surface area (Å²) in [7, 11) is 2.10. The van der Waals surface area contributed by atoms with Crippen LogP contribution in [0.1, 0.15) is 25.0 Å². The summed E-state index contributed by atoms with van der Waals surface area (Å²) >= 11 is 6.08. The van der Waals surface area contributed by atoms with Crippen LogP contribution in [0.2, 0.25) is 5.15 Å². The molecule has 0 aromatic carbocycles. The van der Waals surface area contributed by atoms with Crippen LogP contribution < -0.4 is 0 Å². The van der Waals surface area contributed by atoms with Gasteiger partial charge in [0.05, 0.1) is 17.5 Å². The van der Waals surface area contributed by atoms with Gasteiger partial charge in [-0.3, -0.25) is 4.68 Å². The van der Waals surface area contributed by atoms with Crippen molar-refractivity contribution < 1.29 is 5.11 Å². The van der Waals surface area contributed by atoms with Gasteiger partial charge >= 0.3 is 0 Å². The summed E-state index contributed by atoms with van der Waals surface area (Å²) in [5.41, 5.74) is 1.66.